The van der Waals surface area contributed by atoms with Crippen LogP contribution in [-0.4, -0.2) is 8.42 Å². The van der Waals surface area contributed by atoms with Crippen molar-refractivity contribution < 1.29 is 12.6 Å². The molecule has 0 atom stereocenters. The summed E-state index contributed by atoms with van der Waals surface area (Å²) in [4.78, 5) is 1.23. The SMILES string of the molecule is NS(=O)(=O)Oc1csc2c1CCCC2. The third-order valence-electron chi connectivity index (χ3n) is 2.23. The molecule has 0 saturated heterocycles. The van der Waals surface area contributed by atoms with E-state index in [0.717, 1.165) is 24.8 Å². The van der Waals surface area contributed by atoms with Gasteiger partial charge < -0.3 is 4.18 Å². The molecule has 0 bridgehead atoms. The minimum atomic E-state index is -3.87. The minimum absolute atomic E-state index is 0.423. The van der Waals surface area contributed by atoms with Crippen LogP contribution in [0.3, 0.4) is 0 Å². The lowest BCUT2D eigenvalue weighted by molar-refractivity contribution is 0.483. The zero-order valence-electron chi connectivity index (χ0n) is 7.52. The van der Waals surface area contributed by atoms with Crippen LogP contribution in [0, 0.1) is 0 Å². The maximum atomic E-state index is 10.7. The van der Waals surface area contributed by atoms with Crippen molar-refractivity contribution in [3.63, 3.8) is 0 Å². The fraction of sp³-hybridized carbons (Fsp3) is 0.500. The molecule has 2 rings (SSSR count). The summed E-state index contributed by atoms with van der Waals surface area (Å²) >= 11 is 1.55. The Morgan fingerprint density at radius 3 is 2.79 bits per heavy atom. The third kappa shape index (κ3) is 2.08. The lowest BCUT2D eigenvalue weighted by Crippen LogP contribution is -2.19. The number of hydrogen-bond acceptors (Lipinski definition) is 4. The molecule has 6 heteroatoms. The first-order chi connectivity index (χ1) is 6.56. The molecule has 0 saturated carbocycles. The van der Waals surface area contributed by atoms with Gasteiger partial charge in [-0.1, -0.05) is 0 Å². The molecule has 4 nitrogen and oxygen atoms in total. The second-order valence-corrected chi connectivity index (χ2v) is 5.40. The van der Waals surface area contributed by atoms with Crippen molar-refractivity contribution in [3.8, 4) is 5.75 Å². The van der Waals surface area contributed by atoms with Gasteiger partial charge in [0.1, 0.15) is 0 Å². The van der Waals surface area contributed by atoms with Gasteiger partial charge in [-0.25, -0.2) is 0 Å². The molecule has 0 spiro atoms. The van der Waals surface area contributed by atoms with Gasteiger partial charge in [-0.3, -0.25) is 0 Å². The third-order valence-corrected chi connectivity index (χ3v) is 3.71. The van der Waals surface area contributed by atoms with Crippen LogP contribution in [0.25, 0.3) is 0 Å². The van der Waals surface area contributed by atoms with Crippen molar-refractivity contribution in [2.24, 2.45) is 5.14 Å². The molecule has 0 fully saturated rings. The molecule has 0 aliphatic heterocycles. The van der Waals surface area contributed by atoms with Crippen LogP contribution in [-0.2, 0) is 23.1 Å². The highest BCUT2D eigenvalue weighted by molar-refractivity contribution is 7.84. The Hall–Kier alpha value is -0.590. The summed E-state index contributed by atoms with van der Waals surface area (Å²) in [6.07, 6.45) is 4.17. The van der Waals surface area contributed by atoms with E-state index in [9.17, 15) is 8.42 Å². The lowest BCUT2D eigenvalue weighted by atomic mass is 9.99. The summed E-state index contributed by atoms with van der Waals surface area (Å²) in [5, 5.41) is 6.54. The number of fused-ring (bicyclic) bond motifs is 1. The Morgan fingerprint density at radius 2 is 2.07 bits per heavy atom. The highest BCUT2D eigenvalue weighted by atomic mass is 32.2. The zero-order valence-corrected chi connectivity index (χ0v) is 9.16. The normalized spacial score (nSPS) is 16.4. The van der Waals surface area contributed by atoms with Crippen LogP contribution in [0.2, 0.25) is 0 Å². The lowest BCUT2D eigenvalue weighted by Gasteiger charge is -2.11. The van der Waals surface area contributed by atoms with Gasteiger partial charge in [0.15, 0.2) is 5.75 Å². The standard InChI is InChI=1S/C8H11NO3S2/c9-14(10,11)12-7-5-13-8-4-2-1-3-6(7)8/h5H,1-4H2,(H2,9,10,11). The molecule has 1 aromatic heterocycles. The number of nitrogens with two attached hydrogens (primary N) is 1. The van der Waals surface area contributed by atoms with E-state index < -0.39 is 10.3 Å². The van der Waals surface area contributed by atoms with Crippen molar-refractivity contribution in [2.45, 2.75) is 25.7 Å². The van der Waals surface area contributed by atoms with Crippen LogP contribution in [0.1, 0.15) is 23.3 Å². The van der Waals surface area contributed by atoms with Crippen LogP contribution < -0.4 is 9.32 Å². The van der Waals surface area contributed by atoms with Crippen LogP contribution in [0.5, 0.6) is 5.75 Å². The van der Waals surface area contributed by atoms with Gasteiger partial charge in [0.2, 0.25) is 0 Å². The van der Waals surface area contributed by atoms with Gasteiger partial charge in [0, 0.05) is 15.8 Å². The topological polar surface area (TPSA) is 69.4 Å². The molecule has 0 radical (unpaired) electrons. The molecule has 1 aromatic rings. The summed E-state index contributed by atoms with van der Waals surface area (Å²) in [5.74, 6) is 0.423. The van der Waals surface area contributed by atoms with E-state index >= 15 is 0 Å². The van der Waals surface area contributed by atoms with Gasteiger partial charge in [-0.05, 0) is 25.7 Å². The first-order valence-electron chi connectivity index (χ1n) is 4.38. The quantitative estimate of drug-likeness (QED) is 0.834. The Bertz CT molecular complexity index is 435. The Kier molecular flexibility index (Phi) is 2.50. The first kappa shape index (κ1) is 9.95. The molecule has 14 heavy (non-hydrogen) atoms. The van der Waals surface area contributed by atoms with Crippen molar-refractivity contribution in [3.05, 3.63) is 15.8 Å². The highest BCUT2D eigenvalue weighted by Gasteiger charge is 2.19. The van der Waals surface area contributed by atoms with E-state index in [1.54, 1.807) is 16.7 Å². The largest absolute Gasteiger partial charge is 0.380 e. The summed E-state index contributed by atoms with van der Waals surface area (Å²) in [6.45, 7) is 0. The predicted octanol–water partition coefficient (Wildman–Crippen LogP) is 1.21. The number of thiophene rings is 1. The van der Waals surface area contributed by atoms with E-state index in [-0.39, 0.29) is 0 Å². The van der Waals surface area contributed by atoms with Crippen molar-refractivity contribution in [1.29, 1.82) is 0 Å². The van der Waals surface area contributed by atoms with Crippen LogP contribution >= 0.6 is 11.3 Å². The maximum absolute atomic E-state index is 10.7. The van der Waals surface area contributed by atoms with E-state index in [1.807, 2.05) is 0 Å². The second kappa shape index (κ2) is 3.52. The molecule has 2 N–H and O–H groups in total. The number of aryl methyl sites for hydroxylation is 1. The number of rotatable bonds is 2. The minimum Gasteiger partial charge on any atom is -0.370 e. The van der Waals surface area contributed by atoms with Crippen molar-refractivity contribution >= 4 is 21.6 Å². The highest BCUT2D eigenvalue weighted by Crippen LogP contribution is 2.35. The zero-order chi connectivity index (χ0) is 10.2. The van der Waals surface area contributed by atoms with E-state index in [4.69, 9.17) is 9.32 Å². The first-order valence-corrected chi connectivity index (χ1v) is 6.73. The Balaban J connectivity index is 2.31. The van der Waals surface area contributed by atoms with Crippen LogP contribution in [0.15, 0.2) is 5.38 Å². The van der Waals surface area contributed by atoms with Crippen molar-refractivity contribution in [1.82, 2.24) is 0 Å². The summed E-state index contributed by atoms with van der Waals surface area (Å²) in [5.41, 5.74) is 1.02. The molecular weight excluding hydrogens is 222 g/mol. The molecule has 1 aliphatic carbocycles. The molecule has 78 valence electrons. The average molecular weight is 233 g/mol. The van der Waals surface area contributed by atoms with E-state index in [0.29, 0.717) is 5.75 Å². The predicted molar refractivity (Wildman–Crippen MR) is 54.7 cm³/mol. The van der Waals surface area contributed by atoms with Gasteiger partial charge in [0.25, 0.3) is 0 Å². The fourth-order valence-electron chi connectivity index (χ4n) is 1.66. The van der Waals surface area contributed by atoms with Crippen molar-refractivity contribution in [2.75, 3.05) is 0 Å². The second-order valence-electron chi connectivity index (χ2n) is 3.28. The monoisotopic (exact) mass is 233 g/mol. The molecule has 1 heterocycles. The molecule has 0 unspecified atom stereocenters. The molecule has 0 amide bonds. The molecule has 1 aliphatic rings. The van der Waals surface area contributed by atoms with Crippen LogP contribution in [0.4, 0.5) is 0 Å². The molecule has 0 aromatic carbocycles. The Labute approximate surface area is 86.9 Å². The summed E-state index contributed by atoms with van der Waals surface area (Å²) in [6, 6.07) is 0. The maximum Gasteiger partial charge on any atom is 0.380 e. The van der Waals surface area contributed by atoms with Gasteiger partial charge >= 0.3 is 10.3 Å². The number of hydrogen-bond donors (Lipinski definition) is 1. The molecular formula is C8H11NO3S2. The Morgan fingerprint density at radius 1 is 1.36 bits per heavy atom. The smallest absolute Gasteiger partial charge is 0.370 e. The average Bonchev–Trinajstić information content (AvgIpc) is 2.47. The summed E-state index contributed by atoms with van der Waals surface area (Å²) < 4.78 is 26.2. The summed E-state index contributed by atoms with van der Waals surface area (Å²) in [7, 11) is -3.87. The van der Waals surface area contributed by atoms with E-state index in [2.05, 4.69) is 0 Å². The van der Waals surface area contributed by atoms with Gasteiger partial charge in [-0.2, -0.15) is 13.6 Å². The van der Waals surface area contributed by atoms with Gasteiger partial charge in [-0.15, -0.1) is 11.3 Å². The van der Waals surface area contributed by atoms with E-state index in [1.165, 1.54) is 11.3 Å². The fourth-order valence-corrected chi connectivity index (χ4v) is 3.17. The van der Waals surface area contributed by atoms with Gasteiger partial charge in [0.05, 0.1) is 0 Å².